The highest BCUT2D eigenvalue weighted by Gasteiger charge is 2.18. The summed E-state index contributed by atoms with van der Waals surface area (Å²) in [6, 6.07) is 7.72. The van der Waals surface area contributed by atoms with Crippen molar-refractivity contribution in [3.63, 3.8) is 0 Å². The van der Waals surface area contributed by atoms with Gasteiger partial charge in [-0.3, -0.25) is 4.79 Å². The van der Waals surface area contributed by atoms with Crippen LogP contribution in [0.1, 0.15) is 56.1 Å². The number of carbonyl (C=O) groups excluding carboxylic acids is 1. The quantitative estimate of drug-likeness (QED) is 0.388. The number of carbonyl (C=O) groups is 1. The van der Waals surface area contributed by atoms with Gasteiger partial charge in [-0.1, -0.05) is 41.4 Å². The van der Waals surface area contributed by atoms with Gasteiger partial charge < -0.3 is 9.94 Å². The lowest BCUT2D eigenvalue weighted by Gasteiger charge is -2.21. The van der Waals surface area contributed by atoms with Crippen molar-refractivity contribution in [1.29, 1.82) is 0 Å². The van der Waals surface area contributed by atoms with E-state index in [0.29, 0.717) is 12.1 Å². The summed E-state index contributed by atoms with van der Waals surface area (Å²) in [6.07, 6.45) is 6.21. The van der Waals surface area contributed by atoms with Crippen molar-refractivity contribution in [2.24, 2.45) is 5.16 Å². The summed E-state index contributed by atoms with van der Waals surface area (Å²) >= 11 is 0. The Morgan fingerprint density at radius 2 is 1.86 bits per heavy atom. The maximum atomic E-state index is 11.9. The van der Waals surface area contributed by atoms with Crippen LogP contribution in [0.15, 0.2) is 29.4 Å². The van der Waals surface area contributed by atoms with Crippen LogP contribution in [-0.4, -0.2) is 23.0 Å². The largest absolute Gasteiger partial charge is 0.462 e. The number of rotatable bonds is 5. The Hall–Kier alpha value is -1.84. The molecule has 114 valence electrons. The van der Waals surface area contributed by atoms with E-state index in [2.05, 4.69) is 5.16 Å². The maximum absolute atomic E-state index is 11.9. The molecule has 1 aromatic carbocycles. The van der Waals surface area contributed by atoms with Crippen LogP contribution < -0.4 is 0 Å². The fourth-order valence-electron chi connectivity index (χ4n) is 2.65. The zero-order valence-corrected chi connectivity index (χ0v) is 12.5. The van der Waals surface area contributed by atoms with Crippen molar-refractivity contribution in [3.8, 4) is 0 Å². The predicted molar refractivity (Wildman–Crippen MR) is 81.7 cm³/mol. The second-order valence-electron chi connectivity index (χ2n) is 5.66. The van der Waals surface area contributed by atoms with Crippen LogP contribution in [0.5, 0.6) is 0 Å². The zero-order chi connectivity index (χ0) is 15.1. The van der Waals surface area contributed by atoms with Crippen molar-refractivity contribution in [2.45, 2.75) is 58.0 Å². The highest BCUT2D eigenvalue weighted by Crippen LogP contribution is 2.21. The molecule has 0 unspecified atom stereocenters. The number of aryl methyl sites for hydroxylation is 1. The van der Waals surface area contributed by atoms with Crippen LogP contribution in [0.4, 0.5) is 0 Å². The lowest BCUT2D eigenvalue weighted by atomic mass is 9.98. The van der Waals surface area contributed by atoms with Crippen LogP contribution in [0.3, 0.4) is 0 Å². The summed E-state index contributed by atoms with van der Waals surface area (Å²) in [5.41, 5.74) is 2.51. The lowest BCUT2D eigenvalue weighted by Crippen LogP contribution is -2.21. The van der Waals surface area contributed by atoms with Crippen LogP contribution in [0.2, 0.25) is 0 Å². The van der Waals surface area contributed by atoms with Crippen LogP contribution in [0, 0.1) is 6.92 Å². The average molecular weight is 289 g/mol. The number of ether oxygens (including phenoxy) is 1. The van der Waals surface area contributed by atoms with E-state index in [1.54, 1.807) is 0 Å². The Labute approximate surface area is 125 Å². The molecule has 4 heteroatoms. The Morgan fingerprint density at radius 3 is 2.48 bits per heavy atom. The highest BCUT2D eigenvalue weighted by molar-refractivity contribution is 6.01. The molecule has 0 amide bonds. The van der Waals surface area contributed by atoms with E-state index < -0.39 is 0 Å². The molecule has 0 bridgehead atoms. The van der Waals surface area contributed by atoms with Gasteiger partial charge in [-0.05, 0) is 38.2 Å². The van der Waals surface area contributed by atoms with Gasteiger partial charge in [0.15, 0.2) is 0 Å². The molecule has 1 aliphatic carbocycles. The molecule has 21 heavy (non-hydrogen) atoms. The normalized spacial score (nSPS) is 16.7. The number of esters is 1. The van der Waals surface area contributed by atoms with Crippen molar-refractivity contribution < 1.29 is 14.7 Å². The van der Waals surface area contributed by atoms with E-state index in [0.717, 1.165) is 36.8 Å². The summed E-state index contributed by atoms with van der Waals surface area (Å²) in [7, 11) is 0. The van der Waals surface area contributed by atoms with Crippen LogP contribution in [0.25, 0.3) is 0 Å². The van der Waals surface area contributed by atoms with E-state index in [1.165, 1.54) is 6.42 Å². The van der Waals surface area contributed by atoms with Crippen molar-refractivity contribution >= 4 is 11.7 Å². The summed E-state index contributed by atoms with van der Waals surface area (Å²) in [5.74, 6) is -0.199. The van der Waals surface area contributed by atoms with Crippen LogP contribution in [-0.2, 0) is 9.53 Å². The van der Waals surface area contributed by atoms with Gasteiger partial charge >= 0.3 is 5.97 Å². The highest BCUT2D eigenvalue weighted by atomic mass is 16.5. The first kappa shape index (κ1) is 15.5. The minimum atomic E-state index is -0.199. The smallest absolute Gasteiger partial charge is 0.306 e. The molecule has 0 radical (unpaired) electrons. The molecule has 4 nitrogen and oxygen atoms in total. The molecule has 1 aliphatic rings. The average Bonchev–Trinajstić information content (AvgIpc) is 2.50. The van der Waals surface area contributed by atoms with Gasteiger partial charge in [-0.2, -0.15) is 0 Å². The minimum Gasteiger partial charge on any atom is -0.462 e. The van der Waals surface area contributed by atoms with Crippen molar-refractivity contribution in [2.75, 3.05) is 0 Å². The fraction of sp³-hybridized carbons (Fsp3) is 0.529. The minimum absolute atomic E-state index is 0.0835. The molecule has 0 atom stereocenters. The molecule has 2 rings (SSSR count). The molecule has 1 aromatic rings. The molecule has 0 spiro atoms. The second kappa shape index (κ2) is 7.81. The number of hydrogen-bond acceptors (Lipinski definition) is 4. The molecule has 0 aliphatic heterocycles. The molecular formula is C17H23NO3. The number of oxime groups is 1. The van der Waals surface area contributed by atoms with Crippen molar-refractivity contribution in [3.05, 3.63) is 35.4 Å². The third-order valence-corrected chi connectivity index (χ3v) is 3.92. The summed E-state index contributed by atoms with van der Waals surface area (Å²) < 4.78 is 5.47. The number of nitrogens with zero attached hydrogens (tertiary/aromatic N) is 1. The number of hydrogen-bond donors (Lipinski definition) is 1. The van der Waals surface area contributed by atoms with E-state index in [-0.39, 0.29) is 18.5 Å². The Balaban J connectivity index is 1.82. The zero-order valence-electron chi connectivity index (χ0n) is 12.5. The molecule has 0 aromatic heterocycles. The fourth-order valence-corrected chi connectivity index (χ4v) is 2.65. The molecule has 1 N–H and O–H groups in total. The molecule has 0 saturated heterocycles. The summed E-state index contributed by atoms with van der Waals surface area (Å²) in [5, 5.41) is 12.4. The van der Waals surface area contributed by atoms with E-state index in [1.807, 2.05) is 31.2 Å². The van der Waals surface area contributed by atoms with E-state index >= 15 is 0 Å². The monoisotopic (exact) mass is 289 g/mol. The Kier molecular flexibility index (Phi) is 5.78. The molecular weight excluding hydrogens is 266 g/mol. The third-order valence-electron chi connectivity index (χ3n) is 3.92. The van der Waals surface area contributed by atoms with E-state index in [9.17, 15) is 4.79 Å². The standard InChI is InChI=1S/C17H23NO3/c1-13-7-9-14(10-8-13)16(18-20)11-12-17(19)21-15-5-3-2-4-6-15/h7-10,15,20H,2-6,11-12H2,1H3/b18-16+. The Morgan fingerprint density at radius 1 is 1.19 bits per heavy atom. The predicted octanol–water partition coefficient (Wildman–Crippen LogP) is 3.83. The first-order valence-electron chi connectivity index (χ1n) is 7.66. The van der Waals surface area contributed by atoms with Gasteiger partial charge in [0.1, 0.15) is 6.10 Å². The van der Waals surface area contributed by atoms with Gasteiger partial charge in [0, 0.05) is 6.42 Å². The molecule has 0 heterocycles. The van der Waals surface area contributed by atoms with Gasteiger partial charge in [0.05, 0.1) is 12.1 Å². The Bertz CT molecular complexity index is 487. The first-order chi connectivity index (χ1) is 10.2. The third kappa shape index (κ3) is 4.88. The van der Waals surface area contributed by atoms with Gasteiger partial charge in [-0.25, -0.2) is 0 Å². The SMILES string of the molecule is Cc1ccc(/C(CCC(=O)OC2CCCCC2)=N/O)cc1. The number of benzene rings is 1. The van der Waals surface area contributed by atoms with Gasteiger partial charge in [-0.15, -0.1) is 0 Å². The maximum Gasteiger partial charge on any atom is 0.306 e. The first-order valence-corrected chi connectivity index (χ1v) is 7.66. The molecule has 1 fully saturated rings. The van der Waals surface area contributed by atoms with Gasteiger partial charge in [0.25, 0.3) is 0 Å². The second-order valence-corrected chi connectivity index (χ2v) is 5.66. The summed E-state index contributed by atoms with van der Waals surface area (Å²) in [6.45, 7) is 2.00. The molecule has 1 saturated carbocycles. The van der Waals surface area contributed by atoms with E-state index in [4.69, 9.17) is 9.94 Å². The lowest BCUT2D eigenvalue weighted by molar-refractivity contribution is -0.150. The van der Waals surface area contributed by atoms with Crippen molar-refractivity contribution in [1.82, 2.24) is 0 Å². The van der Waals surface area contributed by atoms with Gasteiger partial charge in [0.2, 0.25) is 0 Å². The summed E-state index contributed by atoms with van der Waals surface area (Å²) in [4.78, 5) is 11.9. The van der Waals surface area contributed by atoms with Crippen LogP contribution >= 0.6 is 0 Å². The topological polar surface area (TPSA) is 58.9 Å².